The van der Waals surface area contributed by atoms with Gasteiger partial charge in [0.2, 0.25) is 5.95 Å². The summed E-state index contributed by atoms with van der Waals surface area (Å²) >= 11 is 0. The molecular formula is C13H15F2N3O. The fourth-order valence-electron chi connectivity index (χ4n) is 1.76. The Morgan fingerprint density at radius 2 is 1.84 bits per heavy atom. The molecular weight excluding hydrogens is 252 g/mol. The predicted octanol–water partition coefficient (Wildman–Crippen LogP) is 2.86. The van der Waals surface area contributed by atoms with Crippen LogP contribution in [0.5, 0.6) is 5.75 Å². The summed E-state index contributed by atoms with van der Waals surface area (Å²) in [7, 11) is 1.34. The van der Waals surface area contributed by atoms with Crippen molar-refractivity contribution >= 4 is 5.95 Å². The molecule has 2 N–H and O–H groups in total. The highest BCUT2D eigenvalue weighted by Crippen LogP contribution is 2.27. The third kappa shape index (κ3) is 2.38. The van der Waals surface area contributed by atoms with E-state index in [2.05, 4.69) is 4.98 Å². The van der Waals surface area contributed by atoms with Gasteiger partial charge in [-0.25, -0.2) is 13.8 Å². The maximum Gasteiger partial charge on any atom is 0.205 e. The van der Waals surface area contributed by atoms with E-state index in [9.17, 15) is 8.78 Å². The summed E-state index contributed by atoms with van der Waals surface area (Å²) in [5.41, 5.74) is 6.13. The van der Waals surface area contributed by atoms with Gasteiger partial charge in [-0.15, -0.1) is 0 Å². The lowest BCUT2D eigenvalue weighted by atomic mass is 10.1. The minimum absolute atomic E-state index is 0.0478. The highest BCUT2D eigenvalue weighted by atomic mass is 19.1. The monoisotopic (exact) mass is 267 g/mol. The van der Waals surface area contributed by atoms with Gasteiger partial charge in [0.1, 0.15) is 11.4 Å². The van der Waals surface area contributed by atoms with E-state index in [0.29, 0.717) is 5.69 Å². The third-order valence-electron chi connectivity index (χ3n) is 2.81. The van der Waals surface area contributed by atoms with Crippen LogP contribution in [0, 0.1) is 11.6 Å². The van der Waals surface area contributed by atoms with Gasteiger partial charge in [0.25, 0.3) is 0 Å². The van der Waals surface area contributed by atoms with Gasteiger partial charge in [-0.3, -0.25) is 4.57 Å². The minimum Gasteiger partial charge on any atom is -0.497 e. The molecule has 1 heterocycles. The molecule has 1 aromatic heterocycles. The van der Waals surface area contributed by atoms with E-state index < -0.39 is 11.6 Å². The lowest BCUT2D eigenvalue weighted by Gasteiger charge is -2.09. The first-order valence-electron chi connectivity index (χ1n) is 5.82. The van der Waals surface area contributed by atoms with Crippen LogP contribution in [0.15, 0.2) is 18.3 Å². The Bertz CT molecular complexity index is 585. The van der Waals surface area contributed by atoms with Gasteiger partial charge in [0.15, 0.2) is 11.6 Å². The van der Waals surface area contributed by atoms with Gasteiger partial charge in [0.05, 0.1) is 12.8 Å². The lowest BCUT2D eigenvalue weighted by molar-refractivity contribution is 0.406. The molecule has 102 valence electrons. The molecule has 0 saturated heterocycles. The van der Waals surface area contributed by atoms with Crippen LogP contribution in [-0.4, -0.2) is 16.7 Å². The van der Waals surface area contributed by atoms with Gasteiger partial charge in [-0.2, -0.15) is 0 Å². The second-order valence-electron chi connectivity index (χ2n) is 4.49. The predicted molar refractivity (Wildman–Crippen MR) is 68.5 cm³/mol. The number of nitrogens with two attached hydrogens (primary N) is 1. The molecule has 0 atom stereocenters. The molecule has 0 aliphatic heterocycles. The maximum atomic E-state index is 13.9. The van der Waals surface area contributed by atoms with Gasteiger partial charge < -0.3 is 10.5 Å². The Morgan fingerprint density at radius 1 is 1.26 bits per heavy atom. The van der Waals surface area contributed by atoms with Gasteiger partial charge in [-0.05, 0) is 5.92 Å². The Hall–Kier alpha value is -2.11. The lowest BCUT2D eigenvalue weighted by Crippen LogP contribution is -2.05. The van der Waals surface area contributed by atoms with Crippen LogP contribution in [0.3, 0.4) is 0 Å². The molecule has 0 aliphatic carbocycles. The third-order valence-corrected chi connectivity index (χ3v) is 2.81. The zero-order valence-electron chi connectivity index (χ0n) is 10.9. The summed E-state index contributed by atoms with van der Waals surface area (Å²) in [5.74, 6) is -1.23. The van der Waals surface area contributed by atoms with Crippen LogP contribution < -0.4 is 10.5 Å². The standard InChI is InChI=1S/C13H15F2N3O/c1-7(2)11-6-18(13(16)17-11)12-9(14)4-8(19-3)5-10(12)15/h4-7H,1-3H3,(H2,16,17). The van der Waals surface area contributed by atoms with Crippen molar-refractivity contribution in [2.45, 2.75) is 19.8 Å². The zero-order chi connectivity index (χ0) is 14.2. The Labute approximate surface area is 109 Å². The van der Waals surface area contributed by atoms with Crippen LogP contribution in [0.2, 0.25) is 0 Å². The average molecular weight is 267 g/mol. The van der Waals surface area contributed by atoms with Crippen LogP contribution >= 0.6 is 0 Å². The first kappa shape index (κ1) is 13.3. The number of halogens is 2. The summed E-state index contributed by atoms with van der Waals surface area (Å²) in [6.07, 6.45) is 1.54. The molecule has 0 saturated carbocycles. The van der Waals surface area contributed by atoms with E-state index >= 15 is 0 Å². The Morgan fingerprint density at radius 3 is 2.26 bits per heavy atom. The van der Waals surface area contributed by atoms with Crippen LogP contribution in [0.25, 0.3) is 5.69 Å². The van der Waals surface area contributed by atoms with Crippen molar-refractivity contribution in [3.63, 3.8) is 0 Å². The average Bonchev–Trinajstić information content (AvgIpc) is 2.71. The van der Waals surface area contributed by atoms with E-state index in [0.717, 1.165) is 12.1 Å². The summed E-state index contributed by atoms with van der Waals surface area (Å²) in [5, 5.41) is 0. The van der Waals surface area contributed by atoms with Gasteiger partial charge in [0, 0.05) is 18.3 Å². The second-order valence-corrected chi connectivity index (χ2v) is 4.49. The molecule has 0 unspecified atom stereocenters. The Kier molecular flexibility index (Phi) is 3.42. The SMILES string of the molecule is COc1cc(F)c(-n2cc(C(C)C)nc2N)c(F)c1. The fourth-order valence-corrected chi connectivity index (χ4v) is 1.76. The number of benzene rings is 1. The molecule has 2 aromatic rings. The number of hydrogen-bond donors (Lipinski definition) is 1. The summed E-state index contributed by atoms with van der Waals surface area (Å²) in [4.78, 5) is 4.09. The first-order chi connectivity index (χ1) is 8.93. The number of imidazole rings is 1. The quantitative estimate of drug-likeness (QED) is 0.930. The highest BCUT2D eigenvalue weighted by Gasteiger charge is 2.18. The smallest absolute Gasteiger partial charge is 0.205 e. The number of aromatic nitrogens is 2. The highest BCUT2D eigenvalue weighted by molar-refractivity contribution is 5.46. The molecule has 0 bridgehead atoms. The zero-order valence-corrected chi connectivity index (χ0v) is 10.9. The van der Waals surface area contributed by atoms with E-state index in [1.54, 1.807) is 0 Å². The van der Waals surface area contributed by atoms with Crippen molar-refractivity contribution in [1.29, 1.82) is 0 Å². The van der Waals surface area contributed by atoms with E-state index in [1.807, 2.05) is 13.8 Å². The number of hydrogen-bond acceptors (Lipinski definition) is 3. The molecule has 0 aliphatic rings. The molecule has 0 amide bonds. The normalized spacial score (nSPS) is 11.1. The van der Waals surface area contributed by atoms with Crippen molar-refractivity contribution in [1.82, 2.24) is 9.55 Å². The van der Waals surface area contributed by atoms with Crippen molar-refractivity contribution in [3.8, 4) is 11.4 Å². The van der Waals surface area contributed by atoms with Crippen LogP contribution in [0.1, 0.15) is 25.5 Å². The maximum absolute atomic E-state index is 13.9. The second kappa shape index (κ2) is 4.87. The number of methoxy groups -OCH3 is 1. The van der Waals surface area contributed by atoms with Crippen LogP contribution in [-0.2, 0) is 0 Å². The minimum atomic E-state index is -0.753. The van der Waals surface area contributed by atoms with Gasteiger partial charge >= 0.3 is 0 Å². The first-order valence-corrected chi connectivity index (χ1v) is 5.82. The molecule has 0 radical (unpaired) electrons. The summed E-state index contributed by atoms with van der Waals surface area (Å²) in [6.45, 7) is 3.85. The molecule has 6 heteroatoms. The topological polar surface area (TPSA) is 53.1 Å². The molecule has 2 rings (SSSR count). The molecule has 0 spiro atoms. The van der Waals surface area contributed by atoms with Crippen molar-refractivity contribution < 1.29 is 13.5 Å². The number of rotatable bonds is 3. The number of ether oxygens (including phenoxy) is 1. The molecule has 0 fully saturated rings. The van der Waals surface area contributed by atoms with Gasteiger partial charge in [-0.1, -0.05) is 13.8 Å². The van der Waals surface area contributed by atoms with Crippen molar-refractivity contribution in [2.24, 2.45) is 0 Å². The molecule has 1 aromatic carbocycles. The molecule has 19 heavy (non-hydrogen) atoms. The largest absolute Gasteiger partial charge is 0.497 e. The van der Waals surface area contributed by atoms with E-state index in [4.69, 9.17) is 10.5 Å². The summed E-state index contributed by atoms with van der Waals surface area (Å²) in [6, 6.07) is 2.21. The number of nitrogens with zero attached hydrogens (tertiary/aromatic N) is 2. The fraction of sp³-hybridized carbons (Fsp3) is 0.308. The number of anilines is 1. The number of nitrogen functional groups attached to an aromatic ring is 1. The van der Waals surface area contributed by atoms with Crippen LogP contribution in [0.4, 0.5) is 14.7 Å². The van der Waals surface area contributed by atoms with E-state index in [-0.39, 0.29) is 23.3 Å². The van der Waals surface area contributed by atoms with E-state index in [1.165, 1.54) is 17.9 Å². The van der Waals surface area contributed by atoms with Crippen molar-refractivity contribution in [2.75, 3.05) is 12.8 Å². The summed E-state index contributed by atoms with van der Waals surface area (Å²) < 4.78 is 33.9. The molecule has 4 nitrogen and oxygen atoms in total. The van der Waals surface area contributed by atoms with Crippen molar-refractivity contribution in [3.05, 3.63) is 35.7 Å². The Balaban J connectivity index is 2.59.